The van der Waals surface area contributed by atoms with Crippen LogP contribution < -0.4 is 0 Å². The maximum atomic E-state index is 12.8. The Kier molecular flexibility index (Phi) is 6.32. The van der Waals surface area contributed by atoms with Crippen LogP contribution in [0.25, 0.3) is 0 Å². The standard InChI is InChI=1S/C16H22O5S/c1-11-5-7-14(8-6-11)22(19,20)16(13(3)10-17)12(2)9-15(18)21-4/h5-8,12,16-17H,3,9-10H2,1-2,4H3/t12-,16+/m0/s1. The first kappa shape index (κ1) is 18.4. The molecule has 0 heterocycles. The van der Waals surface area contributed by atoms with Crippen molar-refractivity contribution in [1.29, 1.82) is 0 Å². The Morgan fingerprint density at radius 2 is 1.86 bits per heavy atom. The summed E-state index contributed by atoms with van der Waals surface area (Å²) < 4.78 is 30.3. The van der Waals surface area contributed by atoms with Gasteiger partial charge in [-0.15, -0.1) is 0 Å². The first-order chi connectivity index (χ1) is 10.2. The summed E-state index contributed by atoms with van der Waals surface area (Å²) in [5, 5.41) is 8.28. The Morgan fingerprint density at radius 3 is 2.32 bits per heavy atom. The molecular formula is C16H22O5S. The first-order valence-electron chi connectivity index (χ1n) is 6.90. The molecule has 0 unspecified atom stereocenters. The first-order valence-corrected chi connectivity index (χ1v) is 8.44. The average Bonchev–Trinajstić information content (AvgIpc) is 2.47. The summed E-state index contributed by atoms with van der Waals surface area (Å²) in [4.78, 5) is 11.6. The normalized spacial score (nSPS) is 14.2. The summed E-state index contributed by atoms with van der Waals surface area (Å²) in [6, 6.07) is 6.45. The number of esters is 1. The van der Waals surface area contributed by atoms with E-state index in [2.05, 4.69) is 11.3 Å². The van der Waals surface area contributed by atoms with Gasteiger partial charge in [-0.1, -0.05) is 31.2 Å². The highest BCUT2D eigenvalue weighted by Gasteiger charge is 2.35. The van der Waals surface area contributed by atoms with Gasteiger partial charge in [0.05, 0.1) is 23.9 Å². The number of rotatable bonds is 7. The lowest BCUT2D eigenvalue weighted by Gasteiger charge is -2.24. The zero-order valence-corrected chi connectivity index (χ0v) is 13.9. The van der Waals surface area contributed by atoms with Gasteiger partial charge in [-0.25, -0.2) is 8.42 Å². The second-order valence-corrected chi connectivity index (χ2v) is 7.42. The van der Waals surface area contributed by atoms with E-state index in [1.54, 1.807) is 19.1 Å². The van der Waals surface area contributed by atoms with Gasteiger partial charge >= 0.3 is 5.97 Å². The molecule has 0 aromatic heterocycles. The van der Waals surface area contributed by atoms with Gasteiger partial charge in [-0.3, -0.25) is 4.79 Å². The minimum absolute atomic E-state index is 0.0642. The molecule has 5 nitrogen and oxygen atoms in total. The molecule has 1 aromatic carbocycles. The summed E-state index contributed by atoms with van der Waals surface area (Å²) in [5.74, 6) is -1.05. The molecule has 0 amide bonds. The number of benzene rings is 1. The minimum Gasteiger partial charge on any atom is -0.469 e. The maximum absolute atomic E-state index is 12.8. The molecule has 0 bridgehead atoms. The van der Waals surface area contributed by atoms with Crippen LogP contribution in [0, 0.1) is 12.8 Å². The Bertz CT molecular complexity index is 631. The molecule has 0 aliphatic carbocycles. The summed E-state index contributed by atoms with van der Waals surface area (Å²) in [7, 11) is -2.50. The molecule has 0 aliphatic rings. The van der Waals surface area contributed by atoms with Gasteiger partial charge in [0, 0.05) is 6.42 Å². The summed E-state index contributed by atoms with van der Waals surface area (Å²) in [6.07, 6.45) is -0.0642. The Labute approximate surface area is 131 Å². The van der Waals surface area contributed by atoms with Crippen molar-refractivity contribution in [3.05, 3.63) is 42.0 Å². The van der Waals surface area contributed by atoms with Gasteiger partial charge in [-0.2, -0.15) is 0 Å². The van der Waals surface area contributed by atoms with E-state index < -0.39 is 33.6 Å². The smallest absolute Gasteiger partial charge is 0.305 e. The van der Waals surface area contributed by atoms with Crippen molar-refractivity contribution >= 4 is 15.8 Å². The summed E-state index contributed by atoms with van der Waals surface area (Å²) in [5.41, 5.74) is 1.11. The molecule has 0 spiro atoms. The van der Waals surface area contributed by atoms with Crippen molar-refractivity contribution in [1.82, 2.24) is 0 Å². The SMILES string of the molecule is C=C(CO)[C@@H]([C@@H](C)CC(=O)OC)S(=O)(=O)c1ccc(C)cc1. The van der Waals surface area contributed by atoms with E-state index in [4.69, 9.17) is 0 Å². The second-order valence-electron chi connectivity index (χ2n) is 5.35. The third-order valence-electron chi connectivity index (χ3n) is 3.52. The quantitative estimate of drug-likeness (QED) is 0.611. The lowest BCUT2D eigenvalue weighted by Crippen LogP contribution is -2.33. The zero-order chi connectivity index (χ0) is 16.9. The van der Waals surface area contributed by atoms with Crippen LogP contribution in [0.3, 0.4) is 0 Å². The van der Waals surface area contributed by atoms with Gasteiger partial charge in [-0.05, 0) is 30.5 Å². The number of sulfone groups is 1. The molecule has 122 valence electrons. The van der Waals surface area contributed by atoms with Crippen molar-refractivity contribution in [2.45, 2.75) is 30.4 Å². The molecular weight excluding hydrogens is 304 g/mol. The third-order valence-corrected chi connectivity index (χ3v) is 5.92. The van der Waals surface area contributed by atoms with Crippen LogP contribution in [0.4, 0.5) is 0 Å². The molecule has 2 atom stereocenters. The average molecular weight is 326 g/mol. The molecule has 0 radical (unpaired) electrons. The number of carbonyl (C=O) groups is 1. The number of aryl methyl sites for hydroxylation is 1. The zero-order valence-electron chi connectivity index (χ0n) is 13.1. The lowest BCUT2D eigenvalue weighted by atomic mass is 9.98. The van der Waals surface area contributed by atoms with Gasteiger partial charge in [0.2, 0.25) is 0 Å². The molecule has 1 N–H and O–H groups in total. The molecule has 0 fully saturated rings. The number of aliphatic hydroxyl groups is 1. The highest BCUT2D eigenvalue weighted by atomic mass is 32.2. The van der Waals surface area contributed by atoms with Gasteiger partial charge < -0.3 is 9.84 Å². The van der Waals surface area contributed by atoms with Crippen LogP contribution in [0.1, 0.15) is 18.9 Å². The fourth-order valence-corrected chi connectivity index (χ4v) is 4.38. The number of aliphatic hydroxyl groups excluding tert-OH is 1. The van der Waals surface area contributed by atoms with Crippen LogP contribution in [-0.4, -0.2) is 38.5 Å². The monoisotopic (exact) mass is 326 g/mol. The van der Waals surface area contributed by atoms with Crippen molar-refractivity contribution in [3.63, 3.8) is 0 Å². The Hall–Kier alpha value is -1.66. The van der Waals surface area contributed by atoms with E-state index in [1.165, 1.54) is 19.2 Å². The fourth-order valence-electron chi connectivity index (χ4n) is 2.35. The number of hydrogen-bond donors (Lipinski definition) is 1. The highest BCUT2D eigenvalue weighted by molar-refractivity contribution is 7.92. The van der Waals surface area contributed by atoms with Crippen LogP contribution >= 0.6 is 0 Å². The van der Waals surface area contributed by atoms with Gasteiger partial charge in [0.25, 0.3) is 0 Å². The summed E-state index contributed by atoms with van der Waals surface area (Å²) >= 11 is 0. The van der Waals surface area contributed by atoms with Crippen LogP contribution in [0.2, 0.25) is 0 Å². The molecule has 1 rings (SSSR count). The maximum Gasteiger partial charge on any atom is 0.305 e. The molecule has 0 saturated carbocycles. The molecule has 1 aromatic rings. The van der Waals surface area contributed by atoms with Crippen molar-refractivity contribution in [2.24, 2.45) is 5.92 Å². The third kappa shape index (κ3) is 4.18. The lowest BCUT2D eigenvalue weighted by molar-refractivity contribution is -0.141. The van der Waals surface area contributed by atoms with Crippen LogP contribution in [-0.2, 0) is 19.4 Å². The van der Waals surface area contributed by atoms with Crippen LogP contribution in [0.5, 0.6) is 0 Å². The predicted octanol–water partition coefficient (Wildman–Crippen LogP) is 1.89. The molecule has 6 heteroatoms. The van der Waals surface area contributed by atoms with E-state index in [-0.39, 0.29) is 16.9 Å². The summed E-state index contributed by atoms with van der Waals surface area (Å²) in [6.45, 7) is 6.69. The highest BCUT2D eigenvalue weighted by Crippen LogP contribution is 2.28. The molecule has 22 heavy (non-hydrogen) atoms. The van der Waals surface area contributed by atoms with Gasteiger partial charge in [0.15, 0.2) is 9.84 Å². The fraction of sp³-hybridized carbons (Fsp3) is 0.438. The van der Waals surface area contributed by atoms with Crippen molar-refractivity contribution < 1.29 is 23.1 Å². The number of methoxy groups -OCH3 is 1. The Balaban J connectivity index is 3.23. The van der Waals surface area contributed by atoms with E-state index in [0.29, 0.717) is 0 Å². The second kappa shape index (κ2) is 7.56. The van der Waals surface area contributed by atoms with E-state index in [1.807, 2.05) is 6.92 Å². The molecule has 0 saturated heterocycles. The van der Waals surface area contributed by atoms with E-state index in [0.717, 1.165) is 5.56 Å². The largest absolute Gasteiger partial charge is 0.469 e. The minimum atomic E-state index is -3.75. The number of hydrogen-bond acceptors (Lipinski definition) is 5. The van der Waals surface area contributed by atoms with Gasteiger partial charge in [0.1, 0.15) is 0 Å². The van der Waals surface area contributed by atoms with Crippen LogP contribution in [0.15, 0.2) is 41.3 Å². The van der Waals surface area contributed by atoms with E-state index >= 15 is 0 Å². The number of ether oxygens (including phenoxy) is 1. The number of carbonyl (C=O) groups excluding carboxylic acids is 1. The topological polar surface area (TPSA) is 80.7 Å². The molecule has 0 aliphatic heterocycles. The van der Waals surface area contributed by atoms with E-state index in [9.17, 15) is 18.3 Å². The Morgan fingerprint density at radius 1 is 1.32 bits per heavy atom. The predicted molar refractivity (Wildman–Crippen MR) is 84.2 cm³/mol. The van der Waals surface area contributed by atoms with Crippen molar-refractivity contribution in [3.8, 4) is 0 Å². The van der Waals surface area contributed by atoms with Crippen molar-refractivity contribution in [2.75, 3.05) is 13.7 Å².